The van der Waals surface area contributed by atoms with E-state index in [1.54, 1.807) is 0 Å². The molecule has 3 rings (SSSR count). The van der Waals surface area contributed by atoms with Crippen molar-refractivity contribution in [2.24, 2.45) is 0 Å². The number of hydrogen-bond donors (Lipinski definition) is 1. The van der Waals surface area contributed by atoms with Crippen molar-refractivity contribution in [1.82, 2.24) is 15.1 Å². The molecule has 0 aromatic carbocycles. The highest BCUT2D eigenvalue weighted by molar-refractivity contribution is 4.97. The molecular weight excluding hydrogens is 222 g/mol. The standard InChI is InChI=1S/C15H29N3/c1-17(12-4-3-8-16-9-7-12)15-10-13-5-6-14(11-15)18(13)2/h12-16H,3-11H2,1-2H3. The summed E-state index contributed by atoms with van der Waals surface area (Å²) in [7, 11) is 4.74. The van der Waals surface area contributed by atoms with Crippen molar-refractivity contribution in [2.45, 2.75) is 69.1 Å². The van der Waals surface area contributed by atoms with Crippen LogP contribution in [0.25, 0.3) is 0 Å². The Balaban J connectivity index is 1.60. The quantitative estimate of drug-likeness (QED) is 0.806. The summed E-state index contributed by atoms with van der Waals surface area (Å²) in [5.41, 5.74) is 0. The summed E-state index contributed by atoms with van der Waals surface area (Å²) in [6, 6.07) is 3.43. The van der Waals surface area contributed by atoms with Crippen molar-refractivity contribution in [3.05, 3.63) is 0 Å². The Morgan fingerprint density at radius 2 is 1.67 bits per heavy atom. The second kappa shape index (κ2) is 5.48. The van der Waals surface area contributed by atoms with Gasteiger partial charge in [0.25, 0.3) is 0 Å². The van der Waals surface area contributed by atoms with Gasteiger partial charge in [-0.05, 0) is 72.1 Å². The number of hydrogen-bond acceptors (Lipinski definition) is 3. The molecule has 3 aliphatic heterocycles. The molecule has 3 fully saturated rings. The Kier molecular flexibility index (Phi) is 3.92. The van der Waals surface area contributed by atoms with Gasteiger partial charge in [-0.3, -0.25) is 0 Å². The number of fused-ring (bicyclic) bond motifs is 2. The zero-order valence-electron chi connectivity index (χ0n) is 12.1. The average molecular weight is 251 g/mol. The molecule has 0 aliphatic carbocycles. The Bertz CT molecular complexity index is 259. The molecule has 3 atom stereocenters. The number of rotatable bonds is 2. The maximum absolute atomic E-state index is 3.54. The molecular formula is C15H29N3. The first kappa shape index (κ1) is 12.9. The van der Waals surface area contributed by atoms with Crippen LogP contribution < -0.4 is 5.32 Å². The summed E-state index contributed by atoms with van der Waals surface area (Å²) in [6.07, 6.45) is 9.80. The van der Waals surface area contributed by atoms with Gasteiger partial charge in [0.2, 0.25) is 0 Å². The van der Waals surface area contributed by atoms with Crippen LogP contribution in [0.1, 0.15) is 44.9 Å². The van der Waals surface area contributed by atoms with E-state index >= 15 is 0 Å². The minimum atomic E-state index is 0.827. The topological polar surface area (TPSA) is 18.5 Å². The molecule has 0 radical (unpaired) electrons. The van der Waals surface area contributed by atoms with Gasteiger partial charge in [-0.1, -0.05) is 0 Å². The van der Waals surface area contributed by atoms with Crippen LogP contribution in [0.4, 0.5) is 0 Å². The van der Waals surface area contributed by atoms with Gasteiger partial charge < -0.3 is 15.1 Å². The molecule has 3 heteroatoms. The van der Waals surface area contributed by atoms with Crippen molar-refractivity contribution < 1.29 is 0 Å². The zero-order chi connectivity index (χ0) is 12.5. The van der Waals surface area contributed by atoms with E-state index in [1.807, 2.05) is 0 Å². The van der Waals surface area contributed by atoms with Gasteiger partial charge in [-0.25, -0.2) is 0 Å². The molecule has 3 saturated heterocycles. The Morgan fingerprint density at radius 3 is 2.39 bits per heavy atom. The maximum Gasteiger partial charge on any atom is 0.0125 e. The van der Waals surface area contributed by atoms with E-state index in [0.717, 1.165) is 24.2 Å². The largest absolute Gasteiger partial charge is 0.317 e. The second-order valence-corrected chi connectivity index (χ2v) is 6.68. The van der Waals surface area contributed by atoms with E-state index in [9.17, 15) is 0 Å². The molecule has 0 spiro atoms. The zero-order valence-corrected chi connectivity index (χ0v) is 12.1. The minimum Gasteiger partial charge on any atom is -0.317 e. The van der Waals surface area contributed by atoms with Crippen LogP contribution in [0.3, 0.4) is 0 Å². The number of piperidine rings is 1. The molecule has 0 aromatic rings. The Labute approximate surface area is 112 Å². The van der Waals surface area contributed by atoms with Crippen LogP contribution >= 0.6 is 0 Å². The lowest BCUT2D eigenvalue weighted by Crippen LogP contribution is -2.50. The van der Waals surface area contributed by atoms with E-state index in [0.29, 0.717) is 0 Å². The number of nitrogens with zero attached hydrogens (tertiary/aromatic N) is 2. The highest BCUT2D eigenvalue weighted by Crippen LogP contribution is 2.36. The molecule has 0 saturated carbocycles. The normalized spacial score (nSPS) is 42.2. The second-order valence-electron chi connectivity index (χ2n) is 6.68. The molecule has 0 aromatic heterocycles. The van der Waals surface area contributed by atoms with Gasteiger partial charge in [0.15, 0.2) is 0 Å². The predicted octanol–water partition coefficient (Wildman–Crippen LogP) is 1.69. The summed E-state index contributed by atoms with van der Waals surface area (Å²) < 4.78 is 0. The highest BCUT2D eigenvalue weighted by Gasteiger charge is 2.40. The van der Waals surface area contributed by atoms with Gasteiger partial charge in [0.1, 0.15) is 0 Å². The predicted molar refractivity (Wildman–Crippen MR) is 75.9 cm³/mol. The molecule has 3 unspecified atom stereocenters. The monoisotopic (exact) mass is 251 g/mol. The molecule has 1 N–H and O–H groups in total. The Morgan fingerprint density at radius 1 is 0.944 bits per heavy atom. The third kappa shape index (κ3) is 2.45. The van der Waals surface area contributed by atoms with Gasteiger partial charge in [-0.2, -0.15) is 0 Å². The van der Waals surface area contributed by atoms with Crippen LogP contribution in [0.5, 0.6) is 0 Å². The maximum atomic E-state index is 3.54. The first-order valence-electron chi connectivity index (χ1n) is 7.90. The SMILES string of the molecule is CN1C2CCC1CC(N(C)C1CCCNCC1)C2. The summed E-state index contributed by atoms with van der Waals surface area (Å²) in [6.45, 7) is 2.44. The molecule has 104 valence electrons. The van der Waals surface area contributed by atoms with Crippen LogP contribution in [-0.4, -0.2) is 61.2 Å². The van der Waals surface area contributed by atoms with Gasteiger partial charge in [0.05, 0.1) is 0 Å². The van der Waals surface area contributed by atoms with Gasteiger partial charge in [0, 0.05) is 24.2 Å². The van der Waals surface area contributed by atoms with Crippen molar-refractivity contribution in [1.29, 1.82) is 0 Å². The lowest BCUT2D eigenvalue weighted by Gasteiger charge is -2.43. The van der Waals surface area contributed by atoms with Crippen LogP contribution in [-0.2, 0) is 0 Å². The first-order chi connectivity index (χ1) is 8.75. The summed E-state index contributed by atoms with van der Waals surface area (Å²) in [5.74, 6) is 0. The lowest BCUT2D eigenvalue weighted by molar-refractivity contribution is 0.0625. The fourth-order valence-electron chi connectivity index (χ4n) is 4.42. The van der Waals surface area contributed by atoms with E-state index in [-0.39, 0.29) is 0 Å². The molecule has 2 bridgehead atoms. The average Bonchev–Trinajstić information content (AvgIpc) is 2.67. The number of nitrogens with one attached hydrogen (secondary N) is 1. The molecule has 3 nitrogen and oxygen atoms in total. The van der Waals surface area contributed by atoms with Gasteiger partial charge >= 0.3 is 0 Å². The van der Waals surface area contributed by atoms with Crippen molar-refractivity contribution in [3.8, 4) is 0 Å². The van der Waals surface area contributed by atoms with Crippen molar-refractivity contribution in [2.75, 3.05) is 27.2 Å². The van der Waals surface area contributed by atoms with Crippen LogP contribution in [0, 0.1) is 0 Å². The first-order valence-corrected chi connectivity index (χ1v) is 7.90. The summed E-state index contributed by atoms with van der Waals surface area (Å²) >= 11 is 0. The van der Waals surface area contributed by atoms with Gasteiger partial charge in [-0.15, -0.1) is 0 Å². The van der Waals surface area contributed by atoms with E-state index in [4.69, 9.17) is 0 Å². The fraction of sp³-hybridized carbons (Fsp3) is 1.00. The molecule has 3 heterocycles. The third-order valence-electron chi connectivity index (χ3n) is 5.77. The smallest absolute Gasteiger partial charge is 0.0125 e. The minimum absolute atomic E-state index is 0.827. The summed E-state index contributed by atoms with van der Waals surface area (Å²) in [5, 5.41) is 3.54. The summed E-state index contributed by atoms with van der Waals surface area (Å²) in [4.78, 5) is 5.39. The third-order valence-corrected chi connectivity index (χ3v) is 5.77. The van der Waals surface area contributed by atoms with Crippen LogP contribution in [0.2, 0.25) is 0 Å². The van der Waals surface area contributed by atoms with E-state index < -0.39 is 0 Å². The molecule has 0 amide bonds. The van der Waals surface area contributed by atoms with Crippen molar-refractivity contribution in [3.63, 3.8) is 0 Å². The fourth-order valence-corrected chi connectivity index (χ4v) is 4.42. The molecule has 18 heavy (non-hydrogen) atoms. The van der Waals surface area contributed by atoms with E-state index in [1.165, 1.54) is 58.0 Å². The van der Waals surface area contributed by atoms with Crippen LogP contribution in [0.15, 0.2) is 0 Å². The molecule has 3 aliphatic rings. The van der Waals surface area contributed by atoms with Crippen molar-refractivity contribution >= 4 is 0 Å². The lowest BCUT2D eigenvalue weighted by atomic mass is 9.94. The highest BCUT2D eigenvalue weighted by atomic mass is 15.2. The Hall–Kier alpha value is -0.120. The van der Waals surface area contributed by atoms with E-state index in [2.05, 4.69) is 29.2 Å².